The molecule has 17 heavy (non-hydrogen) atoms. The van der Waals surface area contributed by atoms with Crippen LogP contribution in [0.4, 0.5) is 0 Å². The summed E-state index contributed by atoms with van der Waals surface area (Å²) in [6.45, 7) is 0.462. The Bertz CT molecular complexity index is 195. The molecule has 0 aromatic rings. The highest BCUT2D eigenvalue weighted by molar-refractivity contribution is 5.66. The Morgan fingerprint density at radius 3 is 1.59 bits per heavy atom. The molecule has 0 atom stereocenters. The van der Waals surface area contributed by atoms with Gasteiger partial charge in [-0.1, -0.05) is 56.5 Å². The number of carbonyl (C=O) groups is 1. The minimum atomic E-state index is -0.685. The smallest absolute Gasteiger partial charge is 0.303 e. The fraction of sp³-hybridized carbons (Fsp3) is 0.923. The molecule has 0 aromatic carbocycles. The minimum absolute atomic E-state index is 0.310. The zero-order chi connectivity index (χ0) is 12.8. The van der Waals surface area contributed by atoms with Gasteiger partial charge in [0, 0.05) is 6.42 Å². The maximum atomic E-state index is 10.3. The molecular weight excluding hydrogens is 218 g/mol. The predicted molar refractivity (Wildman–Crippen MR) is 69.1 cm³/mol. The van der Waals surface area contributed by atoms with Crippen molar-refractivity contribution in [3.63, 3.8) is 0 Å². The van der Waals surface area contributed by atoms with E-state index in [1.165, 1.54) is 32.1 Å². The van der Waals surface area contributed by atoms with Crippen LogP contribution in [0, 0.1) is 4.91 Å². The molecule has 0 aromatic heterocycles. The number of carboxylic acids is 1. The van der Waals surface area contributed by atoms with E-state index in [1.54, 1.807) is 0 Å². The van der Waals surface area contributed by atoms with Crippen LogP contribution < -0.4 is 0 Å². The summed E-state index contributed by atoms with van der Waals surface area (Å²) >= 11 is 0. The first-order valence-corrected chi connectivity index (χ1v) is 6.78. The van der Waals surface area contributed by atoms with Crippen LogP contribution in [-0.4, -0.2) is 17.6 Å². The summed E-state index contributed by atoms with van der Waals surface area (Å²) in [5.74, 6) is -0.685. The Morgan fingerprint density at radius 1 is 0.765 bits per heavy atom. The average molecular weight is 243 g/mol. The number of hydrogen-bond donors (Lipinski definition) is 1. The summed E-state index contributed by atoms with van der Waals surface area (Å²) in [5, 5.41) is 11.3. The molecule has 0 saturated carbocycles. The highest BCUT2D eigenvalue weighted by Crippen LogP contribution is 2.11. The van der Waals surface area contributed by atoms with Crippen LogP contribution in [-0.2, 0) is 4.79 Å². The molecule has 0 aliphatic rings. The van der Waals surface area contributed by atoms with E-state index in [9.17, 15) is 9.70 Å². The number of aliphatic carboxylic acids is 1. The Hall–Kier alpha value is -0.930. The summed E-state index contributed by atoms with van der Waals surface area (Å²) in [4.78, 5) is 20.1. The Balaban J connectivity index is 2.94. The first kappa shape index (κ1) is 16.1. The number of nitroso groups, excluding NO2 is 1. The maximum absolute atomic E-state index is 10.3. The lowest BCUT2D eigenvalue weighted by Crippen LogP contribution is -1.93. The molecule has 0 saturated heterocycles. The van der Waals surface area contributed by atoms with Crippen molar-refractivity contribution in [2.75, 3.05) is 6.54 Å². The third-order valence-electron chi connectivity index (χ3n) is 2.89. The Morgan fingerprint density at radius 2 is 1.18 bits per heavy atom. The third kappa shape index (κ3) is 15.1. The Kier molecular flexibility index (Phi) is 12.4. The fourth-order valence-electron chi connectivity index (χ4n) is 1.87. The fourth-order valence-corrected chi connectivity index (χ4v) is 1.87. The van der Waals surface area contributed by atoms with E-state index in [4.69, 9.17) is 5.11 Å². The summed E-state index contributed by atoms with van der Waals surface area (Å²) in [6, 6.07) is 0. The minimum Gasteiger partial charge on any atom is -0.481 e. The molecular formula is C13H25NO3. The van der Waals surface area contributed by atoms with Gasteiger partial charge in [0.15, 0.2) is 0 Å². The molecule has 0 unspecified atom stereocenters. The molecule has 0 fully saturated rings. The van der Waals surface area contributed by atoms with Gasteiger partial charge in [-0.15, -0.1) is 0 Å². The monoisotopic (exact) mass is 243 g/mol. The number of hydrogen-bond acceptors (Lipinski definition) is 3. The largest absolute Gasteiger partial charge is 0.481 e. The number of carboxylic acid groups (broad SMARTS) is 1. The van der Waals surface area contributed by atoms with Crippen molar-refractivity contribution in [1.29, 1.82) is 0 Å². The maximum Gasteiger partial charge on any atom is 0.303 e. The van der Waals surface area contributed by atoms with E-state index in [2.05, 4.69) is 5.18 Å². The van der Waals surface area contributed by atoms with Crippen molar-refractivity contribution in [2.24, 2.45) is 5.18 Å². The van der Waals surface area contributed by atoms with E-state index >= 15 is 0 Å². The van der Waals surface area contributed by atoms with Crippen molar-refractivity contribution < 1.29 is 9.90 Å². The van der Waals surface area contributed by atoms with Gasteiger partial charge >= 0.3 is 5.97 Å². The first-order chi connectivity index (χ1) is 8.27. The second-order valence-corrected chi connectivity index (χ2v) is 4.53. The van der Waals surface area contributed by atoms with Crippen LogP contribution in [0.2, 0.25) is 0 Å². The molecule has 1 N–H and O–H groups in total. The van der Waals surface area contributed by atoms with E-state index in [0.717, 1.165) is 32.1 Å². The van der Waals surface area contributed by atoms with E-state index < -0.39 is 5.97 Å². The van der Waals surface area contributed by atoms with Gasteiger partial charge < -0.3 is 5.11 Å². The van der Waals surface area contributed by atoms with Crippen LogP contribution in [0.15, 0.2) is 5.18 Å². The van der Waals surface area contributed by atoms with Crippen molar-refractivity contribution in [2.45, 2.75) is 70.6 Å². The highest BCUT2D eigenvalue weighted by Gasteiger charge is 1.96. The number of nitrogens with zero attached hydrogens (tertiary/aromatic N) is 1. The molecule has 100 valence electrons. The van der Waals surface area contributed by atoms with Crippen molar-refractivity contribution in [3.05, 3.63) is 4.91 Å². The van der Waals surface area contributed by atoms with Gasteiger partial charge in [-0.25, -0.2) is 0 Å². The van der Waals surface area contributed by atoms with E-state index in [-0.39, 0.29) is 0 Å². The van der Waals surface area contributed by atoms with Crippen molar-refractivity contribution in [3.8, 4) is 0 Å². The summed E-state index contributed by atoms with van der Waals surface area (Å²) < 4.78 is 0. The van der Waals surface area contributed by atoms with Crippen LogP contribution >= 0.6 is 0 Å². The quantitative estimate of drug-likeness (QED) is 0.390. The molecule has 4 nitrogen and oxygen atoms in total. The Labute approximate surface area is 104 Å². The summed E-state index contributed by atoms with van der Waals surface area (Å²) in [7, 11) is 0. The van der Waals surface area contributed by atoms with Crippen LogP contribution in [0.1, 0.15) is 70.6 Å². The molecule has 0 bridgehead atoms. The number of rotatable bonds is 13. The second kappa shape index (κ2) is 13.1. The topological polar surface area (TPSA) is 66.7 Å². The highest BCUT2D eigenvalue weighted by atomic mass is 16.4. The van der Waals surface area contributed by atoms with Crippen molar-refractivity contribution >= 4 is 5.97 Å². The van der Waals surface area contributed by atoms with E-state index in [1.807, 2.05) is 0 Å². The zero-order valence-electron chi connectivity index (χ0n) is 10.7. The lowest BCUT2D eigenvalue weighted by molar-refractivity contribution is -0.137. The lowest BCUT2D eigenvalue weighted by atomic mass is 10.1. The third-order valence-corrected chi connectivity index (χ3v) is 2.89. The molecule has 0 aliphatic carbocycles. The van der Waals surface area contributed by atoms with Gasteiger partial charge in [0.2, 0.25) is 0 Å². The van der Waals surface area contributed by atoms with Crippen molar-refractivity contribution in [1.82, 2.24) is 0 Å². The van der Waals surface area contributed by atoms with E-state index in [0.29, 0.717) is 13.0 Å². The van der Waals surface area contributed by atoms with Gasteiger partial charge in [0.05, 0.1) is 6.54 Å². The molecule has 0 rings (SSSR count). The molecule has 0 amide bonds. The van der Waals surface area contributed by atoms with Crippen LogP contribution in [0.5, 0.6) is 0 Å². The van der Waals surface area contributed by atoms with Gasteiger partial charge in [-0.3, -0.25) is 4.79 Å². The van der Waals surface area contributed by atoms with Gasteiger partial charge in [-0.2, -0.15) is 4.91 Å². The van der Waals surface area contributed by atoms with Gasteiger partial charge in [0.1, 0.15) is 0 Å². The molecule has 0 aliphatic heterocycles. The van der Waals surface area contributed by atoms with Crippen LogP contribution in [0.25, 0.3) is 0 Å². The summed E-state index contributed by atoms with van der Waals surface area (Å²) in [6.07, 6.45) is 11.5. The zero-order valence-corrected chi connectivity index (χ0v) is 10.7. The molecule has 0 heterocycles. The lowest BCUT2D eigenvalue weighted by Gasteiger charge is -2.01. The van der Waals surface area contributed by atoms with Crippen LogP contribution in [0.3, 0.4) is 0 Å². The molecule has 0 spiro atoms. The van der Waals surface area contributed by atoms with Gasteiger partial charge in [0.25, 0.3) is 0 Å². The summed E-state index contributed by atoms with van der Waals surface area (Å²) in [5.41, 5.74) is 0. The average Bonchev–Trinajstić information content (AvgIpc) is 2.30. The molecule has 0 radical (unpaired) electrons. The standard InChI is InChI=1S/C13H25NO3/c15-13(16)11-9-7-5-3-1-2-4-6-8-10-12-14-17/h1-12H2,(H,15,16). The van der Waals surface area contributed by atoms with Gasteiger partial charge in [-0.05, 0) is 12.8 Å². The number of unbranched alkanes of at least 4 members (excludes halogenated alkanes) is 9. The normalized spacial score (nSPS) is 10.4. The SMILES string of the molecule is O=NCCCCCCCCCCCCC(=O)O. The molecule has 4 heteroatoms. The predicted octanol–water partition coefficient (Wildman–Crippen LogP) is 4.13. The second-order valence-electron chi connectivity index (χ2n) is 4.53. The first-order valence-electron chi connectivity index (χ1n) is 6.78.